The van der Waals surface area contributed by atoms with E-state index < -0.39 is 39.4 Å². The molecule has 0 aliphatic heterocycles. The van der Waals surface area contributed by atoms with E-state index in [1.165, 1.54) is 31.3 Å². The fraction of sp³-hybridized carbons (Fsp3) is 0.462. The van der Waals surface area contributed by atoms with Gasteiger partial charge in [0, 0.05) is 13.3 Å². The lowest BCUT2D eigenvalue weighted by atomic mass is 10.0. The first-order chi connectivity index (χ1) is 10.1. The third-order valence-corrected chi connectivity index (χ3v) is 4.71. The molecule has 1 amide bonds. The summed E-state index contributed by atoms with van der Waals surface area (Å²) in [5.41, 5.74) is 0.274. The van der Waals surface area contributed by atoms with Crippen LogP contribution in [0.1, 0.15) is 11.7 Å². The van der Waals surface area contributed by atoms with Gasteiger partial charge in [0.1, 0.15) is 12.8 Å². The maximum atomic E-state index is 13.2. The Hall–Kier alpha value is -0.890. The predicted molar refractivity (Wildman–Crippen MR) is 82.5 cm³/mol. The van der Waals surface area contributed by atoms with E-state index in [4.69, 9.17) is 23.2 Å². The Balaban J connectivity index is 3.02. The minimum Gasteiger partial charge on any atom is -0.386 e. The number of carbonyl (C=O) groups is 1. The Morgan fingerprint density at radius 2 is 1.82 bits per heavy atom. The number of benzene rings is 1. The molecular formula is C13H16Cl2FNO4S. The number of halogens is 3. The van der Waals surface area contributed by atoms with E-state index in [0.29, 0.717) is 0 Å². The number of aliphatic hydroxyl groups is 1. The minimum atomic E-state index is -3.37. The average Bonchev–Trinajstić information content (AvgIpc) is 2.46. The molecule has 0 saturated heterocycles. The number of hydrogen-bond donors (Lipinski definition) is 1. The van der Waals surface area contributed by atoms with E-state index in [1.54, 1.807) is 0 Å². The molecule has 0 aliphatic rings. The van der Waals surface area contributed by atoms with E-state index in [-0.39, 0.29) is 10.5 Å². The lowest BCUT2D eigenvalue weighted by molar-refractivity contribution is -0.133. The van der Waals surface area contributed by atoms with Gasteiger partial charge in [-0.3, -0.25) is 4.79 Å². The number of carbonyl (C=O) groups excluding carboxylic acids is 1. The molecule has 1 aromatic carbocycles. The monoisotopic (exact) mass is 371 g/mol. The second-order valence-electron chi connectivity index (χ2n) is 4.76. The van der Waals surface area contributed by atoms with Gasteiger partial charge in [-0.1, -0.05) is 35.3 Å². The van der Waals surface area contributed by atoms with Crippen molar-refractivity contribution >= 4 is 38.9 Å². The molecule has 0 aliphatic carbocycles. The van der Waals surface area contributed by atoms with Crippen LogP contribution in [0.25, 0.3) is 0 Å². The van der Waals surface area contributed by atoms with Gasteiger partial charge in [0.25, 0.3) is 5.91 Å². The van der Waals surface area contributed by atoms with Crippen LogP contribution in [0.5, 0.6) is 0 Å². The van der Waals surface area contributed by atoms with Gasteiger partial charge in [-0.25, -0.2) is 12.8 Å². The second-order valence-corrected chi connectivity index (χ2v) is 7.87. The molecule has 9 heteroatoms. The van der Waals surface area contributed by atoms with Crippen LogP contribution in [-0.2, 0) is 14.6 Å². The van der Waals surface area contributed by atoms with Gasteiger partial charge >= 0.3 is 0 Å². The SMILES string of the molecule is CN(C(=O)C(Cl)Cl)C(CF)[C@@H](O)c1ccc(S(C)(=O)=O)cc1. The number of amides is 1. The molecule has 1 unspecified atom stereocenters. The largest absolute Gasteiger partial charge is 0.386 e. The maximum absolute atomic E-state index is 13.2. The van der Waals surface area contributed by atoms with Crippen molar-refractivity contribution in [2.75, 3.05) is 20.0 Å². The number of hydrogen-bond acceptors (Lipinski definition) is 4. The van der Waals surface area contributed by atoms with Gasteiger partial charge in [-0.15, -0.1) is 0 Å². The third-order valence-electron chi connectivity index (χ3n) is 3.20. The first kappa shape index (κ1) is 19.2. The van der Waals surface area contributed by atoms with Crippen molar-refractivity contribution in [1.82, 2.24) is 4.90 Å². The first-order valence-corrected chi connectivity index (χ1v) is 8.95. The topological polar surface area (TPSA) is 74.7 Å². The molecular weight excluding hydrogens is 356 g/mol. The molecule has 0 fully saturated rings. The highest BCUT2D eigenvalue weighted by Gasteiger charge is 2.30. The summed E-state index contributed by atoms with van der Waals surface area (Å²) in [5.74, 6) is -0.738. The van der Waals surface area contributed by atoms with E-state index in [9.17, 15) is 22.7 Å². The highest BCUT2D eigenvalue weighted by Crippen LogP contribution is 2.24. The van der Waals surface area contributed by atoms with Crippen molar-refractivity contribution in [3.8, 4) is 0 Å². The Morgan fingerprint density at radius 3 is 2.18 bits per heavy atom. The molecule has 1 N–H and O–H groups in total. The van der Waals surface area contributed by atoms with Crippen LogP contribution in [0, 0.1) is 0 Å². The lowest BCUT2D eigenvalue weighted by Gasteiger charge is -2.30. The van der Waals surface area contributed by atoms with Gasteiger partial charge in [0.15, 0.2) is 14.7 Å². The molecule has 0 saturated carbocycles. The highest BCUT2D eigenvalue weighted by molar-refractivity contribution is 7.90. The summed E-state index contributed by atoms with van der Waals surface area (Å²) in [7, 11) is -2.09. The van der Waals surface area contributed by atoms with Gasteiger partial charge in [-0.05, 0) is 17.7 Å². The summed E-state index contributed by atoms with van der Waals surface area (Å²) in [6.45, 7) is -1.02. The van der Waals surface area contributed by atoms with Crippen molar-refractivity contribution in [2.24, 2.45) is 0 Å². The van der Waals surface area contributed by atoms with Crippen molar-refractivity contribution < 1.29 is 22.7 Å². The summed E-state index contributed by atoms with van der Waals surface area (Å²) in [5, 5.41) is 10.2. The van der Waals surface area contributed by atoms with Crippen LogP contribution in [0.3, 0.4) is 0 Å². The van der Waals surface area contributed by atoms with Gasteiger partial charge < -0.3 is 10.0 Å². The number of sulfone groups is 1. The number of alkyl halides is 3. The summed E-state index contributed by atoms with van der Waals surface area (Å²) >= 11 is 10.9. The second kappa shape index (κ2) is 7.59. The minimum absolute atomic E-state index is 0.0752. The Bertz CT molecular complexity index is 621. The Morgan fingerprint density at radius 1 is 1.32 bits per heavy atom. The number of nitrogens with zero attached hydrogens (tertiary/aromatic N) is 1. The van der Waals surface area contributed by atoms with Crippen LogP contribution < -0.4 is 0 Å². The van der Waals surface area contributed by atoms with Crippen LogP contribution in [0.4, 0.5) is 4.39 Å². The van der Waals surface area contributed by atoms with E-state index in [0.717, 1.165) is 11.2 Å². The number of likely N-dealkylation sites (N-methyl/N-ethyl adjacent to an activating group) is 1. The number of aliphatic hydroxyl groups excluding tert-OH is 1. The molecule has 0 radical (unpaired) electrons. The van der Waals surface area contributed by atoms with Crippen LogP contribution in [0.15, 0.2) is 29.2 Å². The Kier molecular flexibility index (Phi) is 6.61. The Labute approximate surface area is 138 Å². The van der Waals surface area contributed by atoms with E-state index >= 15 is 0 Å². The molecule has 2 atom stereocenters. The van der Waals surface area contributed by atoms with Crippen molar-refractivity contribution in [1.29, 1.82) is 0 Å². The quantitative estimate of drug-likeness (QED) is 0.772. The summed E-state index contributed by atoms with van der Waals surface area (Å²) < 4.78 is 35.9. The molecule has 1 aromatic rings. The van der Waals surface area contributed by atoms with Gasteiger partial charge in [-0.2, -0.15) is 0 Å². The van der Waals surface area contributed by atoms with E-state index in [2.05, 4.69) is 0 Å². The standard InChI is InChI=1S/C13H16Cl2FNO4S/c1-17(13(19)12(14)15)10(7-16)11(18)8-3-5-9(6-4-8)22(2,20)21/h3-6,10-12,18H,7H2,1-2H3/t10?,11-/m0/s1. The molecule has 0 spiro atoms. The molecule has 22 heavy (non-hydrogen) atoms. The highest BCUT2D eigenvalue weighted by atomic mass is 35.5. The van der Waals surface area contributed by atoms with Gasteiger partial charge in [0.2, 0.25) is 0 Å². The van der Waals surface area contributed by atoms with Crippen LogP contribution >= 0.6 is 23.2 Å². The molecule has 1 rings (SSSR count). The van der Waals surface area contributed by atoms with Crippen molar-refractivity contribution in [3.63, 3.8) is 0 Å². The fourth-order valence-electron chi connectivity index (χ4n) is 1.85. The molecule has 0 bridgehead atoms. The van der Waals surface area contributed by atoms with E-state index in [1.807, 2.05) is 0 Å². The van der Waals surface area contributed by atoms with Crippen molar-refractivity contribution in [3.05, 3.63) is 29.8 Å². The zero-order chi connectivity index (χ0) is 17.1. The number of rotatable bonds is 6. The predicted octanol–water partition coefficient (Wildman–Crippen LogP) is 1.72. The smallest absolute Gasteiger partial charge is 0.256 e. The molecule has 5 nitrogen and oxygen atoms in total. The normalized spacial score (nSPS) is 14.7. The van der Waals surface area contributed by atoms with Gasteiger partial charge in [0.05, 0.1) is 10.9 Å². The zero-order valence-corrected chi connectivity index (χ0v) is 14.2. The summed E-state index contributed by atoms with van der Waals surface area (Å²) in [6.07, 6.45) is -0.296. The molecule has 0 heterocycles. The third kappa shape index (κ3) is 4.55. The fourth-order valence-corrected chi connectivity index (χ4v) is 2.79. The molecule has 124 valence electrons. The average molecular weight is 372 g/mol. The maximum Gasteiger partial charge on any atom is 0.256 e. The van der Waals surface area contributed by atoms with Crippen LogP contribution in [-0.4, -0.2) is 55.2 Å². The first-order valence-electron chi connectivity index (χ1n) is 6.18. The summed E-state index contributed by atoms with van der Waals surface area (Å²) in [4.78, 5) is 11.3. The lowest BCUT2D eigenvalue weighted by Crippen LogP contribution is -2.44. The molecule has 0 aromatic heterocycles. The van der Waals surface area contributed by atoms with Crippen molar-refractivity contribution in [2.45, 2.75) is 21.9 Å². The van der Waals surface area contributed by atoms with Crippen LogP contribution in [0.2, 0.25) is 0 Å². The zero-order valence-electron chi connectivity index (χ0n) is 11.9. The summed E-state index contributed by atoms with van der Waals surface area (Å²) in [6, 6.07) is 4.15.